The van der Waals surface area contributed by atoms with E-state index in [1.54, 1.807) is 24.3 Å². The fraction of sp³-hybridized carbons (Fsp3) is 0.269. The first-order valence-corrected chi connectivity index (χ1v) is 14.2. The number of ether oxygens (including phenoxy) is 3. The van der Waals surface area contributed by atoms with Crippen molar-refractivity contribution in [2.75, 3.05) is 12.3 Å². The zero-order chi connectivity index (χ0) is 30.8. The third-order valence-corrected chi connectivity index (χ3v) is 8.18. The SMILES string of the molecule is Nc1nc(Cl)nc2c1ncn2[C@@H]1O[C@H](COC(Sc2ccc(OCc3ccccc3)cc2)(C(=O)O)c2nn[nH]n2)[C@@H](O)[C@H]1O. The number of carboxylic acid groups (broad SMARTS) is 1. The van der Waals surface area contributed by atoms with Crippen LogP contribution in [0.1, 0.15) is 17.6 Å². The number of carboxylic acids is 1. The summed E-state index contributed by atoms with van der Waals surface area (Å²) in [5.74, 6) is -1.14. The number of nitrogens with one attached hydrogen (secondary N) is 1. The van der Waals surface area contributed by atoms with E-state index < -0.39 is 42.0 Å². The van der Waals surface area contributed by atoms with Gasteiger partial charge < -0.3 is 35.3 Å². The van der Waals surface area contributed by atoms with Crippen molar-refractivity contribution in [3.05, 3.63) is 77.6 Å². The summed E-state index contributed by atoms with van der Waals surface area (Å²) in [7, 11) is 0. The standard InChI is InChI=1S/C26H24ClN9O7S/c27-25-30-20(28)17-21(31-25)36(12-29-17)22-19(38)18(37)16(43-22)11-42-26(24(39)40,23-32-34-35-33-23)44-15-8-6-14(7-9-15)41-10-13-4-2-1-3-5-13/h1-9,12,16,18-19,22,37-38H,10-11H2,(H,39,40)(H2,28,30,31)(H,32,33,34,35)/t16-,18-,19-,22-,26?/m1/s1. The number of aromatic nitrogens is 8. The highest BCUT2D eigenvalue weighted by molar-refractivity contribution is 8.00. The van der Waals surface area contributed by atoms with E-state index >= 15 is 0 Å². The molecule has 0 spiro atoms. The second-order valence-corrected chi connectivity index (χ2v) is 11.2. The molecule has 1 aliphatic rings. The predicted octanol–water partition coefficient (Wildman–Crippen LogP) is 1.52. The van der Waals surface area contributed by atoms with Crippen molar-refractivity contribution in [1.82, 2.24) is 40.1 Å². The molecule has 1 aliphatic heterocycles. The number of carbonyl (C=O) groups is 1. The van der Waals surface area contributed by atoms with Gasteiger partial charge >= 0.3 is 5.97 Å². The van der Waals surface area contributed by atoms with Gasteiger partial charge in [0.1, 0.15) is 36.2 Å². The molecule has 0 saturated carbocycles. The Hall–Kier alpha value is -4.39. The van der Waals surface area contributed by atoms with Crippen LogP contribution in [0.4, 0.5) is 5.82 Å². The summed E-state index contributed by atoms with van der Waals surface area (Å²) in [6.45, 7) is -0.136. The number of nitrogen functional groups attached to an aromatic ring is 1. The molecular weight excluding hydrogens is 618 g/mol. The first-order valence-electron chi connectivity index (χ1n) is 13.0. The number of imidazole rings is 1. The monoisotopic (exact) mass is 641 g/mol. The summed E-state index contributed by atoms with van der Waals surface area (Å²) in [6, 6.07) is 16.3. The largest absolute Gasteiger partial charge is 0.489 e. The molecule has 2 aromatic carbocycles. The lowest BCUT2D eigenvalue weighted by molar-refractivity contribution is -0.161. The van der Waals surface area contributed by atoms with Crippen molar-refractivity contribution >= 4 is 46.3 Å². The minimum atomic E-state index is -2.22. The van der Waals surface area contributed by atoms with Crippen molar-refractivity contribution in [1.29, 1.82) is 0 Å². The highest BCUT2D eigenvalue weighted by Gasteiger charge is 2.51. The number of hydrogen-bond acceptors (Lipinski definition) is 14. The molecule has 1 unspecified atom stereocenters. The maximum atomic E-state index is 12.8. The van der Waals surface area contributed by atoms with Gasteiger partial charge in [0.15, 0.2) is 17.7 Å². The van der Waals surface area contributed by atoms with E-state index in [0.717, 1.165) is 17.3 Å². The fourth-order valence-electron chi connectivity index (χ4n) is 4.55. The zero-order valence-electron chi connectivity index (χ0n) is 22.5. The van der Waals surface area contributed by atoms with Crippen LogP contribution in [0.2, 0.25) is 5.28 Å². The van der Waals surface area contributed by atoms with Gasteiger partial charge in [0.05, 0.1) is 12.9 Å². The van der Waals surface area contributed by atoms with E-state index in [1.165, 1.54) is 10.9 Å². The summed E-state index contributed by atoms with van der Waals surface area (Å²) in [6.07, 6.45) is -4.04. The van der Waals surface area contributed by atoms with Crippen LogP contribution < -0.4 is 10.5 Å². The van der Waals surface area contributed by atoms with Crippen LogP contribution in [0.25, 0.3) is 11.2 Å². The number of fused-ring (bicyclic) bond motifs is 1. The molecule has 16 nitrogen and oxygen atoms in total. The van der Waals surface area contributed by atoms with Crippen LogP contribution in [0.15, 0.2) is 65.8 Å². The van der Waals surface area contributed by atoms with E-state index in [9.17, 15) is 20.1 Å². The summed E-state index contributed by atoms with van der Waals surface area (Å²) in [4.78, 5) is 23.1. The van der Waals surface area contributed by atoms with Gasteiger partial charge in [-0.1, -0.05) is 47.3 Å². The van der Waals surface area contributed by atoms with Crippen molar-refractivity contribution in [3.63, 3.8) is 0 Å². The van der Waals surface area contributed by atoms with Crippen LogP contribution in [0.3, 0.4) is 0 Å². The molecule has 1 fully saturated rings. The summed E-state index contributed by atoms with van der Waals surface area (Å²) >= 11 is 6.74. The van der Waals surface area contributed by atoms with Crippen molar-refractivity contribution in [2.45, 2.75) is 41.0 Å². The van der Waals surface area contributed by atoms with Gasteiger partial charge in [-0.25, -0.2) is 9.78 Å². The Morgan fingerprint density at radius 3 is 2.61 bits per heavy atom. The smallest absolute Gasteiger partial charge is 0.355 e. The molecule has 44 heavy (non-hydrogen) atoms. The van der Waals surface area contributed by atoms with Crippen LogP contribution in [-0.4, -0.2) is 86.4 Å². The predicted molar refractivity (Wildman–Crippen MR) is 153 cm³/mol. The number of H-pyrrole nitrogens is 1. The minimum absolute atomic E-state index is 0.0193. The minimum Gasteiger partial charge on any atom is -0.489 e. The molecule has 0 amide bonds. The Morgan fingerprint density at radius 2 is 1.91 bits per heavy atom. The van der Waals surface area contributed by atoms with Crippen molar-refractivity contribution < 1.29 is 34.3 Å². The van der Waals surface area contributed by atoms with Gasteiger partial charge in [-0.15, -0.1) is 10.2 Å². The molecule has 0 aliphatic carbocycles. The number of halogens is 1. The topological polar surface area (TPSA) is 230 Å². The molecule has 3 aromatic heterocycles. The number of nitrogens with zero attached hydrogens (tertiary/aromatic N) is 7. The van der Waals surface area contributed by atoms with Crippen LogP contribution >= 0.6 is 23.4 Å². The first kappa shape index (κ1) is 29.7. The highest BCUT2D eigenvalue weighted by Crippen LogP contribution is 2.43. The number of thioether (sulfide) groups is 1. The number of aliphatic carboxylic acids is 1. The average molecular weight is 642 g/mol. The second-order valence-electron chi connectivity index (χ2n) is 9.56. The molecule has 4 heterocycles. The normalized spacial score (nSPS) is 21.3. The average Bonchev–Trinajstić information content (AvgIpc) is 3.76. The quantitative estimate of drug-likeness (QED) is 0.0782. The summed E-state index contributed by atoms with van der Waals surface area (Å²) in [5, 5.41) is 45.4. The van der Waals surface area contributed by atoms with E-state index in [1.807, 2.05) is 30.3 Å². The van der Waals surface area contributed by atoms with Crippen LogP contribution in [0, 0.1) is 0 Å². The van der Waals surface area contributed by atoms with Gasteiger partial charge in [-0.05, 0) is 41.4 Å². The maximum Gasteiger partial charge on any atom is 0.355 e. The highest BCUT2D eigenvalue weighted by atomic mass is 35.5. The van der Waals surface area contributed by atoms with Gasteiger partial charge in [-0.3, -0.25) is 4.57 Å². The Morgan fingerprint density at radius 1 is 1.14 bits per heavy atom. The molecule has 0 bridgehead atoms. The number of benzene rings is 2. The van der Waals surface area contributed by atoms with Crippen LogP contribution in [0.5, 0.6) is 5.75 Å². The summed E-state index contributed by atoms with van der Waals surface area (Å²) in [5.41, 5.74) is 7.25. The van der Waals surface area contributed by atoms with Gasteiger partial charge in [0, 0.05) is 4.90 Å². The molecule has 5 aromatic rings. The molecule has 0 radical (unpaired) electrons. The third-order valence-electron chi connectivity index (χ3n) is 6.74. The molecule has 228 valence electrons. The third kappa shape index (κ3) is 5.75. The molecule has 1 saturated heterocycles. The van der Waals surface area contributed by atoms with Gasteiger partial charge in [0.25, 0.3) is 4.93 Å². The van der Waals surface area contributed by atoms with E-state index in [0.29, 0.717) is 17.3 Å². The summed E-state index contributed by atoms with van der Waals surface area (Å²) < 4.78 is 19.0. The lowest BCUT2D eigenvalue weighted by Crippen LogP contribution is -2.41. The number of aliphatic hydroxyl groups is 2. The number of tetrazole rings is 1. The molecule has 6 N–H and O–H groups in total. The number of aliphatic hydroxyl groups excluding tert-OH is 2. The first-order chi connectivity index (χ1) is 21.2. The Labute approximate surface area is 257 Å². The zero-order valence-corrected chi connectivity index (χ0v) is 24.0. The number of anilines is 1. The number of hydrogen-bond donors (Lipinski definition) is 5. The molecule has 18 heteroatoms. The van der Waals surface area contributed by atoms with Gasteiger partial charge in [-0.2, -0.15) is 15.2 Å². The Balaban J connectivity index is 1.20. The lowest BCUT2D eigenvalue weighted by Gasteiger charge is -2.27. The van der Waals surface area contributed by atoms with Crippen LogP contribution in [-0.2, 0) is 25.8 Å². The van der Waals surface area contributed by atoms with Crippen molar-refractivity contribution in [3.8, 4) is 5.75 Å². The number of aromatic amines is 1. The number of rotatable bonds is 11. The van der Waals surface area contributed by atoms with E-state index in [4.69, 9.17) is 31.5 Å². The lowest BCUT2D eigenvalue weighted by atomic mass is 10.1. The van der Waals surface area contributed by atoms with E-state index in [2.05, 4.69) is 35.6 Å². The Kier molecular flexibility index (Phi) is 8.30. The van der Waals surface area contributed by atoms with Crippen molar-refractivity contribution in [2.24, 2.45) is 0 Å². The molecule has 5 atom stereocenters. The van der Waals surface area contributed by atoms with Gasteiger partial charge in [0.2, 0.25) is 11.1 Å². The molecule has 6 rings (SSSR count). The Bertz CT molecular complexity index is 1750. The van der Waals surface area contributed by atoms with E-state index in [-0.39, 0.29) is 28.1 Å². The second kappa shape index (κ2) is 12.3. The fourth-order valence-corrected chi connectivity index (χ4v) is 5.71. The number of nitrogens with two attached hydrogens (primary N) is 1. The maximum absolute atomic E-state index is 12.8. The molecular formula is C26H24ClN9O7S.